The van der Waals surface area contributed by atoms with E-state index < -0.39 is 11.0 Å². The molecule has 0 saturated heterocycles. The smallest absolute Gasteiger partial charge is 0.302 e. The van der Waals surface area contributed by atoms with Crippen molar-refractivity contribution in [2.24, 2.45) is 34.5 Å². The molecule has 0 bridgehead atoms. The van der Waals surface area contributed by atoms with Gasteiger partial charge in [0.05, 0.1) is 0 Å². The molecule has 154 valence electrons. The second-order valence-electron chi connectivity index (χ2n) is 10.5. The molecule has 0 aromatic carbocycles. The van der Waals surface area contributed by atoms with Gasteiger partial charge < -0.3 is 9.84 Å². The molecule has 0 radical (unpaired) electrons. The second kappa shape index (κ2) is 6.59. The first-order chi connectivity index (χ1) is 13.1. The average molecular weight is 387 g/mol. The zero-order chi connectivity index (χ0) is 20.3. The maximum absolute atomic E-state index is 13.5. The van der Waals surface area contributed by atoms with Crippen LogP contribution in [0.15, 0.2) is 0 Å². The van der Waals surface area contributed by atoms with Gasteiger partial charge in [-0.1, -0.05) is 19.8 Å². The monoisotopic (exact) mass is 386 g/mol. The van der Waals surface area contributed by atoms with E-state index in [-0.39, 0.29) is 23.4 Å². The zero-order valence-corrected chi connectivity index (χ0v) is 17.5. The molecule has 4 aliphatic carbocycles. The standard InChI is InChI=1S/C24H34O4/c1-5-24(27)11-6-7-19-18-9-8-16-13-17(28-15(2)25)10-12-22(16,3)21(18)20(26)14-23(19,24)4/h1,16-19,21,27H,6-14H2,2-4H3/t16-,17-,18+,19-,21-,22+,23-,24-/m1/s1. The summed E-state index contributed by atoms with van der Waals surface area (Å²) in [5.41, 5.74) is -1.69. The van der Waals surface area contributed by atoms with Crippen LogP contribution in [0.25, 0.3) is 0 Å². The van der Waals surface area contributed by atoms with Crippen molar-refractivity contribution in [3.8, 4) is 12.3 Å². The van der Waals surface area contributed by atoms with Crippen molar-refractivity contribution in [3.05, 3.63) is 0 Å². The third kappa shape index (κ3) is 2.69. The van der Waals surface area contributed by atoms with Crippen molar-refractivity contribution >= 4 is 11.8 Å². The predicted octanol–water partition coefficient (Wildman–Crippen LogP) is 3.89. The zero-order valence-electron chi connectivity index (χ0n) is 17.5. The minimum absolute atomic E-state index is 0.00250. The van der Waals surface area contributed by atoms with Crippen LogP contribution in [0.2, 0.25) is 0 Å². The lowest BCUT2D eigenvalue weighted by Crippen LogP contribution is -2.64. The molecule has 4 fully saturated rings. The molecule has 8 atom stereocenters. The van der Waals surface area contributed by atoms with Gasteiger partial charge in [-0.3, -0.25) is 9.59 Å². The fourth-order valence-electron chi connectivity index (χ4n) is 7.83. The summed E-state index contributed by atoms with van der Waals surface area (Å²) in [6.45, 7) is 5.85. The second-order valence-corrected chi connectivity index (χ2v) is 10.5. The fourth-order valence-corrected chi connectivity index (χ4v) is 7.83. The largest absolute Gasteiger partial charge is 0.463 e. The van der Waals surface area contributed by atoms with Crippen molar-refractivity contribution in [2.75, 3.05) is 0 Å². The number of carbonyl (C=O) groups excluding carboxylic acids is 2. The lowest BCUT2D eigenvalue weighted by molar-refractivity contribution is -0.193. The van der Waals surface area contributed by atoms with Crippen LogP contribution in [0.4, 0.5) is 0 Å². The van der Waals surface area contributed by atoms with Crippen LogP contribution in [0.5, 0.6) is 0 Å². The number of Topliss-reactive ketones (excluding diaryl/α,β-unsaturated/α-hetero) is 1. The summed E-state index contributed by atoms with van der Waals surface area (Å²) in [6, 6.07) is 0. The van der Waals surface area contributed by atoms with Crippen molar-refractivity contribution in [1.29, 1.82) is 0 Å². The van der Waals surface area contributed by atoms with Gasteiger partial charge in [0, 0.05) is 24.7 Å². The Morgan fingerprint density at radius 2 is 1.96 bits per heavy atom. The third-order valence-corrected chi connectivity index (χ3v) is 9.27. The number of esters is 1. The first kappa shape index (κ1) is 20.0. The van der Waals surface area contributed by atoms with Crippen molar-refractivity contribution in [3.63, 3.8) is 0 Å². The van der Waals surface area contributed by atoms with Crippen LogP contribution < -0.4 is 0 Å². The minimum atomic E-state index is -1.17. The fraction of sp³-hybridized carbons (Fsp3) is 0.833. The quantitative estimate of drug-likeness (QED) is 0.548. The third-order valence-electron chi connectivity index (χ3n) is 9.27. The SMILES string of the molecule is C#C[C@@]1(O)CCC[C@@H]2[C@@H]3CC[C@@H]4C[C@H](OC(C)=O)CC[C@]4(C)[C@H]3C(=O)C[C@]21C. The van der Waals surface area contributed by atoms with E-state index in [9.17, 15) is 14.7 Å². The van der Waals surface area contributed by atoms with Crippen LogP contribution >= 0.6 is 0 Å². The molecule has 0 aromatic heterocycles. The van der Waals surface area contributed by atoms with E-state index in [1.165, 1.54) is 6.92 Å². The van der Waals surface area contributed by atoms with Gasteiger partial charge in [-0.2, -0.15) is 0 Å². The Hall–Kier alpha value is -1.34. The number of terminal acetylenes is 1. The Labute approximate surface area is 168 Å². The lowest BCUT2D eigenvalue weighted by atomic mass is 9.40. The van der Waals surface area contributed by atoms with Crippen LogP contribution in [0.3, 0.4) is 0 Å². The maximum atomic E-state index is 13.5. The summed E-state index contributed by atoms with van der Waals surface area (Å²) >= 11 is 0. The highest BCUT2D eigenvalue weighted by Crippen LogP contribution is 2.66. The van der Waals surface area contributed by atoms with E-state index in [0.717, 1.165) is 44.9 Å². The molecular weight excluding hydrogens is 352 g/mol. The molecule has 0 aliphatic heterocycles. The Bertz CT molecular complexity index is 723. The number of carbonyl (C=O) groups is 2. The number of fused-ring (bicyclic) bond motifs is 5. The van der Waals surface area contributed by atoms with Gasteiger partial charge in [0.1, 0.15) is 17.5 Å². The van der Waals surface area contributed by atoms with E-state index in [1.807, 2.05) is 0 Å². The molecule has 1 N–H and O–H groups in total. The molecule has 0 spiro atoms. The van der Waals surface area contributed by atoms with Crippen LogP contribution in [0.1, 0.15) is 78.6 Å². The molecule has 4 saturated carbocycles. The van der Waals surface area contributed by atoms with E-state index >= 15 is 0 Å². The number of rotatable bonds is 1. The molecule has 4 nitrogen and oxygen atoms in total. The van der Waals surface area contributed by atoms with Gasteiger partial charge in [-0.15, -0.1) is 6.42 Å². The summed E-state index contributed by atoms with van der Waals surface area (Å²) in [4.78, 5) is 24.9. The molecule has 4 rings (SSSR count). The number of ketones is 1. The molecule has 4 aliphatic rings. The van der Waals surface area contributed by atoms with Gasteiger partial charge in [0.15, 0.2) is 0 Å². The first-order valence-corrected chi connectivity index (χ1v) is 11.0. The predicted molar refractivity (Wildman–Crippen MR) is 106 cm³/mol. The number of hydrogen-bond donors (Lipinski definition) is 1. The molecule has 0 heterocycles. The summed E-state index contributed by atoms with van der Waals surface area (Å²) < 4.78 is 5.51. The summed E-state index contributed by atoms with van der Waals surface area (Å²) in [5, 5.41) is 11.2. The number of hydrogen-bond acceptors (Lipinski definition) is 4. The highest BCUT2D eigenvalue weighted by molar-refractivity contribution is 5.84. The van der Waals surface area contributed by atoms with Crippen LogP contribution in [-0.4, -0.2) is 28.6 Å². The Morgan fingerprint density at radius 1 is 1.21 bits per heavy atom. The lowest BCUT2D eigenvalue weighted by Gasteiger charge is -2.63. The minimum Gasteiger partial charge on any atom is -0.463 e. The highest BCUT2D eigenvalue weighted by Gasteiger charge is 2.65. The van der Waals surface area contributed by atoms with Crippen LogP contribution in [-0.2, 0) is 14.3 Å². The van der Waals surface area contributed by atoms with Gasteiger partial charge in [-0.05, 0) is 74.5 Å². The van der Waals surface area contributed by atoms with E-state index in [2.05, 4.69) is 19.8 Å². The van der Waals surface area contributed by atoms with E-state index in [1.54, 1.807) is 0 Å². The van der Waals surface area contributed by atoms with Gasteiger partial charge >= 0.3 is 5.97 Å². The van der Waals surface area contributed by atoms with Crippen molar-refractivity contribution in [1.82, 2.24) is 0 Å². The molecule has 0 aromatic rings. The summed E-state index contributed by atoms with van der Waals surface area (Å²) in [6.07, 6.45) is 13.5. The maximum Gasteiger partial charge on any atom is 0.302 e. The molecule has 0 unspecified atom stereocenters. The number of aliphatic hydroxyl groups is 1. The van der Waals surface area contributed by atoms with Crippen molar-refractivity contribution in [2.45, 2.75) is 90.3 Å². The van der Waals surface area contributed by atoms with Crippen molar-refractivity contribution < 1.29 is 19.4 Å². The first-order valence-electron chi connectivity index (χ1n) is 11.0. The molecule has 28 heavy (non-hydrogen) atoms. The Balaban J connectivity index is 1.63. The highest BCUT2D eigenvalue weighted by atomic mass is 16.5. The van der Waals surface area contributed by atoms with Gasteiger partial charge in [0.2, 0.25) is 0 Å². The van der Waals surface area contributed by atoms with E-state index in [0.29, 0.717) is 36.4 Å². The summed E-state index contributed by atoms with van der Waals surface area (Å²) in [5.74, 6) is 3.89. The number of ether oxygens (including phenoxy) is 1. The Morgan fingerprint density at radius 3 is 2.64 bits per heavy atom. The topological polar surface area (TPSA) is 63.6 Å². The van der Waals surface area contributed by atoms with Crippen LogP contribution in [0, 0.1) is 46.8 Å². The Kier molecular flexibility index (Phi) is 4.70. The molecule has 4 heteroatoms. The van der Waals surface area contributed by atoms with Gasteiger partial charge in [-0.25, -0.2) is 0 Å². The summed E-state index contributed by atoms with van der Waals surface area (Å²) in [7, 11) is 0. The average Bonchev–Trinajstić information content (AvgIpc) is 2.62. The normalized spacial score (nSPS) is 50.5. The van der Waals surface area contributed by atoms with E-state index in [4.69, 9.17) is 11.2 Å². The van der Waals surface area contributed by atoms with Gasteiger partial charge in [0.25, 0.3) is 0 Å². The molecule has 0 amide bonds. The molecular formula is C24H34O4.